The summed E-state index contributed by atoms with van der Waals surface area (Å²) in [6, 6.07) is 9.33. The Balaban J connectivity index is 1.70. The number of rotatable bonds is 6. The van der Waals surface area contributed by atoms with E-state index in [-0.39, 0.29) is 22.0 Å². The normalized spacial score (nSPS) is 13.0. The first-order valence-electron chi connectivity index (χ1n) is 7.79. The highest BCUT2D eigenvalue weighted by Gasteiger charge is 2.12. The molecule has 1 aliphatic heterocycles. The molecule has 0 aliphatic carbocycles. The lowest BCUT2D eigenvalue weighted by Gasteiger charge is -2.18. The fourth-order valence-corrected chi connectivity index (χ4v) is 2.98. The van der Waals surface area contributed by atoms with Crippen LogP contribution >= 0.6 is 11.8 Å². The molecule has 0 aromatic heterocycles. The Labute approximate surface area is 153 Å². The van der Waals surface area contributed by atoms with Gasteiger partial charge in [0.2, 0.25) is 0 Å². The molecule has 2 aromatic rings. The first kappa shape index (κ1) is 18.0. The topological polar surface area (TPSA) is 72.8 Å². The number of carbonyl (C=O) groups is 2. The van der Waals surface area contributed by atoms with Crippen molar-refractivity contribution < 1.29 is 28.6 Å². The van der Waals surface area contributed by atoms with Crippen LogP contribution in [0.25, 0.3) is 6.08 Å². The fourth-order valence-electron chi connectivity index (χ4n) is 2.34. The van der Waals surface area contributed by atoms with Crippen molar-refractivity contribution in [2.75, 3.05) is 19.0 Å². The highest BCUT2D eigenvalue weighted by Crippen LogP contribution is 2.31. The van der Waals surface area contributed by atoms with Gasteiger partial charge in [-0.25, -0.2) is 4.39 Å². The summed E-state index contributed by atoms with van der Waals surface area (Å²) in [6.45, 7) is 0.984. The van der Waals surface area contributed by atoms with E-state index in [0.29, 0.717) is 24.7 Å². The van der Waals surface area contributed by atoms with Gasteiger partial charge < -0.3 is 14.6 Å². The van der Waals surface area contributed by atoms with Gasteiger partial charge in [-0.15, -0.1) is 11.8 Å². The van der Waals surface area contributed by atoms with E-state index in [1.54, 1.807) is 24.3 Å². The molecule has 0 atom stereocenters. The van der Waals surface area contributed by atoms with Crippen LogP contribution in [0, 0.1) is 5.82 Å². The predicted octanol–water partition coefficient (Wildman–Crippen LogP) is 3.67. The molecule has 0 unspecified atom stereocenters. The maximum atomic E-state index is 14.0. The smallest absolute Gasteiger partial charge is 0.313 e. The second kappa shape index (κ2) is 8.05. The molecule has 3 rings (SSSR count). The van der Waals surface area contributed by atoms with Crippen molar-refractivity contribution in [3.05, 3.63) is 59.4 Å². The van der Waals surface area contributed by atoms with E-state index >= 15 is 0 Å². The van der Waals surface area contributed by atoms with Crippen LogP contribution in [0.2, 0.25) is 0 Å². The zero-order chi connectivity index (χ0) is 18.5. The van der Waals surface area contributed by atoms with Gasteiger partial charge in [0.05, 0.1) is 5.75 Å². The molecule has 0 saturated carbocycles. The summed E-state index contributed by atoms with van der Waals surface area (Å²) in [6.07, 6.45) is 2.97. The summed E-state index contributed by atoms with van der Waals surface area (Å²) >= 11 is 0.869. The van der Waals surface area contributed by atoms with E-state index < -0.39 is 11.8 Å². The van der Waals surface area contributed by atoms with Crippen LogP contribution in [-0.2, 0) is 4.79 Å². The second-order valence-corrected chi connectivity index (χ2v) is 6.45. The zero-order valence-electron chi connectivity index (χ0n) is 13.6. The average molecular weight is 374 g/mol. The Morgan fingerprint density at radius 2 is 1.88 bits per heavy atom. The van der Waals surface area contributed by atoms with Gasteiger partial charge in [-0.1, -0.05) is 12.1 Å². The minimum Gasteiger partial charge on any atom is -0.486 e. The lowest BCUT2D eigenvalue weighted by Crippen LogP contribution is -2.15. The van der Waals surface area contributed by atoms with Gasteiger partial charge in [-0.05, 0) is 42.0 Å². The zero-order valence-corrected chi connectivity index (χ0v) is 14.4. The largest absolute Gasteiger partial charge is 0.486 e. The van der Waals surface area contributed by atoms with Crippen LogP contribution in [0.3, 0.4) is 0 Å². The maximum Gasteiger partial charge on any atom is 0.313 e. The van der Waals surface area contributed by atoms with Crippen molar-refractivity contribution in [3.63, 3.8) is 0 Å². The molecule has 0 fully saturated rings. The summed E-state index contributed by atoms with van der Waals surface area (Å²) < 4.78 is 24.9. The van der Waals surface area contributed by atoms with Gasteiger partial charge in [-0.3, -0.25) is 9.59 Å². The minimum absolute atomic E-state index is 0.191. The van der Waals surface area contributed by atoms with Crippen molar-refractivity contribution in [1.82, 2.24) is 0 Å². The monoisotopic (exact) mass is 374 g/mol. The Kier molecular flexibility index (Phi) is 5.58. The highest BCUT2D eigenvalue weighted by molar-refractivity contribution is 8.00. The third-order valence-electron chi connectivity index (χ3n) is 3.56. The molecule has 134 valence electrons. The number of hydrogen-bond donors (Lipinski definition) is 1. The van der Waals surface area contributed by atoms with Crippen LogP contribution in [0.1, 0.15) is 15.9 Å². The van der Waals surface area contributed by atoms with Crippen molar-refractivity contribution in [2.24, 2.45) is 0 Å². The molecule has 1 aliphatic rings. The second-order valence-electron chi connectivity index (χ2n) is 5.43. The molecule has 5 nitrogen and oxygen atoms in total. The van der Waals surface area contributed by atoms with Crippen molar-refractivity contribution >= 4 is 29.6 Å². The number of benzene rings is 2. The number of hydrogen-bond acceptors (Lipinski definition) is 5. The Bertz CT molecular complexity index is 878. The summed E-state index contributed by atoms with van der Waals surface area (Å²) in [5.74, 6) is -0.956. The number of allylic oxidation sites excluding steroid dienone is 1. The average Bonchev–Trinajstić information content (AvgIpc) is 2.64. The number of ketones is 1. The number of carbonyl (C=O) groups excluding carboxylic acids is 1. The molecule has 0 bridgehead atoms. The lowest BCUT2D eigenvalue weighted by molar-refractivity contribution is -0.133. The molecule has 0 spiro atoms. The third kappa shape index (κ3) is 4.43. The van der Waals surface area contributed by atoms with E-state index in [9.17, 15) is 14.0 Å². The van der Waals surface area contributed by atoms with Gasteiger partial charge in [0.15, 0.2) is 17.3 Å². The molecule has 0 amide bonds. The first-order valence-corrected chi connectivity index (χ1v) is 8.78. The predicted molar refractivity (Wildman–Crippen MR) is 95.6 cm³/mol. The number of carboxylic acid groups (broad SMARTS) is 1. The van der Waals surface area contributed by atoms with E-state index in [2.05, 4.69) is 0 Å². The SMILES string of the molecule is O=C(O)CSc1ccc(C(=O)/C=C/c2ccc3c(c2)OCCO3)cc1F. The standard InChI is InChI=1S/C19H15FO5S/c20-14-10-13(3-6-18(14)26-11-19(22)23)15(21)4-1-12-2-5-16-17(9-12)25-8-7-24-16/h1-6,9-10H,7-8,11H2,(H,22,23)/b4-1+. The summed E-state index contributed by atoms with van der Waals surface area (Å²) in [5.41, 5.74) is 0.952. The van der Waals surface area contributed by atoms with E-state index in [4.69, 9.17) is 14.6 Å². The van der Waals surface area contributed by atoms with Gasteiger partial charge in [-0.2, -0.15) is 0 Å². The van der Waals surface area contributed by atoms with E-state index in [1.807, 2.05) is 0 Å². The number of fused-ring (bicyclic) bond motifs is 1. The van der Waals surface area contributed by atoms with Gasteiger partial charge >= 0.3 is 5.97 Å². The highest BCUT2D eigenvalue weighted by atomic mass is 32.2. The van der Waals surface area contributed by atoms with Gasteiger partial charge in [0.25, 0.3) is 0 Å². The third-order valence-corrected chi connectivity index (χ3v) is 4.59. The Morgan fingerprint density at radius 1 is 1.12 bits per heavy atom. The number of halogens is 1. The molecule has 2 aromatic carbocycles. The van der Waals surface area contributed by atoms with Crippen LogP contribution in [0.5, 0.6) is 11.5 Å². The van der Waals surface area contributed by atoms with Crippen LogP contribution in [-0.4, -0.2) is 35.8 Å². The molecule has 1 heterocycles. The number of thioether (sulfide) groups is 1. The Hall–Kier alpha value is -2.80. The van der Waals surface area contributed by atoms with Gasteiger partial charge in [0, 0.05) is 10.5 Å². The molecule has 7 heteroatoms. The maximum absolute atomic E-state index is 14.0. The van der Waals surface area contributed by atoms with Crippen molar-refractivity contribution in [3.8, 4) is 11.5 Å². The summed E-state index contributed by atoms with van der Waals surface area (Å²) in [5, 5.41) is 8.64. The molecule has 0 saturated heterocycles. The van der Waals surface area contributed by atoms with E-state index in [0.717, 1.165) is 23.4 Å². The van der Waals surface area contributed by atoms with E-state index in [1.165, 1.54) is 18.2 Å². The first-order chi connectivity index (χ1) is 12.5. The molecular weight excluding hydrogens is 359 g/mol. The van der Waals surface area contributed by atoms with Crippen molar-refractivity contribution in [1.29, 1.82) is 0 Å². The Morgan fingerprint density at radius 3 is 2.62 bits per heavy atom. The molecule has 26 heavy (non-hydrogen) atoms. The van der Waals surface area contributed by atoms with Crippen molar-refractivity contribution in [2.45, 2.75) is 4.90 Å². The fraction of sp³-hybridized carbons (Fsp3) is 0.158. The van der Waals surface area contributed by atoms with Crippen LogP contribution in [0.15, 0.2) is 47.4 Å². The number of carboxylic acids is 1. The number of ether oxygens (including phenoxy) is 2. The quantitative estimate of drug-likeness (QED) is 0.473. The van der Waals surface area contributed by atoms with Crippen LogP contribution < -0.4 is 9.47 Å². The minimum atomic E-state index is -1.03. The lowest BCUT2D eigenvalue weighted by atomic mass is 10.1. The van der Waals surface area contributed by atoms with Gasteiger partial charge in [0.1, 0.15) is 19.0 Å². The molecule has 1 N–H and O–H groups in total. The molecular formula is C19H15FO5S. The number of aliphatic carboxylic acids is 1. The molecule has 0 radical (unpaired) electrons. The van der Waals surface area contributed by atoms with Crippen LogP contribution in [0.4, 0.5) is 4.39 Å². The summed E-state index contributed by atoms with van der Waals surface area (Å²) in [7, 11) is 0. The summed E-state index contributed by atoms with van der Waals surface area (Å²) in [4.78, 5) is 23.0.